The van der Waals surface area contributed by atoms with E-state index < -0.39 is 0 Å². The minimum atomic E-state index is -0.188. The van der Waals surface area contributed by atoms with Crippen LogP contribution in [0.25, 0.3) is 0 Å². The largest absolute Gasteiger partial charge is 0.358 e. The Bertz CT molecular complexity index is 930. The maximum absolute atomic E-state index is 11.9. The van der Waals surface area contributed by atoms with Gasteiger partial charge < -0.3 is 15.5 Å². The molecule has 0 bridgehead atoms. The molecule has 0 saturated heterocycles. The normalized spacial score (nSPS) is 10.9. The lowest BCUT2D eigenvalue weighted by molar-refractivity contribution is 0.0963. The van der Waals surface area contributed by atoms with Crippen LogP contribution in [0.5, 0.6) is 0 Å². The van der Waals surface area contributed by atoms with Gasteiger partial charge in [0.05, 0.1) is 0 Å². The molecular weight excluding hydrogens is 372 g/mol. The highest BCUT2D eigenvalue weighted by atomic mass is 32.1. The first-order valence-electron chi connectivity index (χ1n) is 8.87. The Morgan fingerprint density at radius 3 is 2.57 bits per heavy atom. The molecule has 1 aromatic carbocycles. The van der Waals surface area contributed by atoms with Gasteiger partial charge in [-0.15, -0.1) is 12.6 Å². The topological polar surface area (TPSA) is 93.9 Å². The smallest absolute Gasteiger partial charge is 0.251 e. The number of benzene rings is 1. The second kappa shape index (κ2) is 8.48. The van der Waals surface area contributed by atoms with Gasteiger partial charge in [-0.1, -0.05) is 26.8 Å². The third-order valence-electron chi connectivity index (χ3n) is 4.04. The van der Waals surface area contributed by atoms with Crippen molar-refractivity contribution in [1.82, 2.24) is 15.3 Å². The first-order chi connectivity index (χ1) is 13.1. The van der Waals surface area contributed by atoms with Crippen LogP contribution >= 0.6 is 12.6 Å². The summed E-state index contributed by atoms with van der Waals surface area (Å²) in [4.78, 5) is 22.5. The van der Waals surface area contributed by atoms with E-state index >= 15 is 0 Å². The zero-order chi connectivity index (χ0) is 21.1. The van der Waals surface area contributed by atoms with E-state index in [9.17, 15) is 10.1 Å². The molecule has 148 valence electrons. The van der Waals surface area contributed by atoms with Crippen LogP contribution in [0.1, 0.15) is 42.3 Å². The highest BCUT2D eigenvalue weighted by Crippen LogP contribution is 2.30. The number of amides is 1. The SMILES string of the molecule is CNC(=O)c1ccc(C)c(Nc2nc(S)nc(N(C)CC(C)(C)C)c2C#N)c1. The molecule has 0 unspecified atom stereocenters. The van der Waals surface area contributed by atoms with E-state index in [2.05, 4.69) is 60.1 Å². The number of anilines is 3. The lowest BCUT2D eigenvalue weighted by Gasteiger charge is -2.28. The standard InChI is InChI=1S/C20H26N6OS/c1-12-7-8-13(18(27)22-5)9-15(12)23-16-14(10-21)17(25-19(28)24-16)26(6)11-20(2,3)4/h7-9H,11H2,1-6H3,(H,22,27)(H2,23,24,25,28). The van der Waals surface area contributed by atoms with Crippen molar-refractivity contribution in [2.45, 2.75) is 32.9 Å². The lowest BCUT2D eigenvalue weighted by Crippen LogP contribution is -2.30. The summed E-state index contributed by atoms with van der Waals surface area (Å²) in [5.41, 5.74) is 2.47. The monoisotopic (exact) mass is 398 g/mol. The van der Waals surface area contributed by atoms with E-state index in [1.807, 2.05) is 24.9 Å². The Morgan fingerprint density at radius 2 is 2.00 bits per heavy atom. The number of aromatic nitrogens is 2. The van der Waals surface area contributed by atoms with E-state index in [0.717, 1.165) is 5.56 Å². The Labute approximate surface area is 171 Å². The number of hydrogen-bond donors (Lipinski definition) is 3. The molecule has 1 heterocycles. The number of carbonyl (C=O) groups excluding carboxylic acids is 1. The molecule has 0 aliphatic carbocycles. The summed E-state index contributed by atoms with van der Waals surface area (Å²) in [6.45, 7) is 8.97. The van der Waals surface area contributed by atoms with Crippen molar-refractivity contribution in [3.8, 4) is 6.07 Å². The van der Waals surface area contributed by atoms with Crippen LogP contribution in [0.4, 0.5) is 17.3 Å². The van der Waals surface area contributed by atoms with Crippen molar-refractivity contribution in [3.63, 3.8) is 0 Å². The third-order valence-corrected chi connectivity index (χ3v) is 4.24. The molecule has 0 fully saturated rings. The second-order valence-corrected chi connectivity index (χ2v) is 8.23. The molecule has 2 N–H and O–H groups in total. The van der Waals surface area contributed by atoms with Crippen LogP contribution in [0.3, 0.4) is 0 Å². The molecule has 7 nitrogen and oxygen atoms in total. The molecule has 1 amide bonds. The van der Waals surface area contributed by atoms with Crippen LogP contribution in [0.15, 0.2) is 23.4 Å². The van der Waals surface area contributed by atoms with Crippen LogP contribution in [0.2, 0.25) is 0 Å². The number of nitrogens with one attached hydrogen (secondary N) is 2. The molecule has 0 spiro atoms. The summed E-state index contributed by atoms with van der Waals surface area (Å²) in [6, 6.07) is 7.52. The van der Waals surface area contributed by atoms with Gasteiger partial charge >= 0.3 is 0 Å². The summed E-state index contributed by atoms with van der Waals surface area (Å²) in [5.74, 6) is 0.683. The number of nitriles is 1. The van der Waals surface area contributed by atoms with Crippen LogP contribution in [-0.2, 0) is 0 Å². The molecule has 0 saturated carbocycles. The molecule has 28 heavy (non-hydrogen) atoms. The van der Waals surface area contributed by atoms with Crippen molar-refractivity contribution < 1.29 is 4.79 Å². The summed E-state index contributed by atoms with van der Waals surface area (Å²) < 4.78 is 0. The second-order valence-electron chi connectivity index (χ2n) is 7.83. The molecule has 2 aromatic rings. The highest BCUT2D eigenvalue weighted by Gasteiger charge is 2.21. The van der Waals surface area contributed by atoms with E-state index in [0.29, 0.717) is 35.0 Å². The Hall–Kier alpha value is -2.79. The average molecular weight is 399 g/mol. The summed E-state index contributed by atoms with van der Waals surface area (Å²) in [6.07, 6.45) is 0. The summed E-state index contributed by atoms with van der Waals surface area (Å²) in [5, 5.41) is 15.8. The van der Waals surface area contributed by atoms with Gasteiger partial charge in [0.25, 0.3) is 5.91 Å². The van der Waals surface area contributed by atoms with Crippen molar-refractivity contribution in [2.75, 3.05) is 30.9 Å². The molecule has 0 aliphatic rings. The van der Waals surface area contributed by atoms with Gasteiger partial charge in [-0.05, 0) is 30.0 Å². The minimum Gasteiger partial charge on any atom is -0.358 e. The molecule has 0 radical (unpaired) electrons. The maximum Gasteiger partial charge on any atom is 0.251 e. The lowest BCUT2D eigenvalue weighted by atomic mass is 9.96. The first kappa shape index (κ1) is 21.5. The van der Waals surface area contributed by atoms with Gasteiger partial charge in [0.2, 0.25) is 0 Å². The quantitative estimate of drug-likeness (QED) is 0.527. The van der Waals surface area contributed by atoms with Crippen LogP contribution in [-0.4, -0.2) is 36.5 Å². The fourth-order valence-electron chi connectivity index (χ4n) is 2.86. The number of aryl methyl sites for hydroxylation is 1. The van der Waals surface area contributed by atoms with Gasteiger partial charge in [0, 0.05) is 31.9 Å². The summed E-state index contributed by atoms with van der Waals surface area (Å²) >= 11 is 4.31. The van der Waals surface area contributed by atoms with E-state index in [1.165, 1.54) is 0 Å². The van der Waals surface area contributed by atoms with Gasteiger partial charge in [0.15, 0.2) is 16.8 Å². The molecular formula is C20H26N6OS. The molecule has 0 atom stereocenters. The highest BCUT2D eigenvalue weighted by molar-refractivity contribution is 7.80. The fraction of sp³-hybridized carbons (Fsp3) is 0.400. The third kappa shape index (κ3) is 5.14. The predicted octanol–water partition coefficient (Wildman–Crippen LogP) is 3.53. The molecule has 8 heteroatoms. The van der Waals surface area contributed by atoms with Crippen molar-refractivity contribution in [3.05, 3.63) is 34.9 Å². The Morgan fingerprint density at radius 1 is 1.32 bits per heavy atom. The predicted molar refractivity (Wildman–Crippen MR) is 115 cm³/mol. The molecule has 0 aliphatic heterocycles. The van der Waals surface area contributed by atoms with E-state index in [4.69, 9.17) is 0 Å². The Balaban J connectivity index is 2.50. The molecule has 1 aromatic heterocycles. The number of rotatable bonds is 5. The van der Waals surface area contributed by atoms with Crippen LogP contribution < -0.4 is 15.5 Å². The van der Waals surface area contributed by atoms with E-state index in [-0.39, 0.29) is 16.5 Å². The van der Waals surface area contributed by atoms with Gasteiger partial charge in [-0.25, -0.2) is 9.97 Å². The van der Waals surface area contributed by atoms with Crippen molar-refractivity contribution in [2.24, 2.45) is 5.41 Å². The summed E-state index contributed by atoms with van der Waals surface area (Å²) in [7, 11) is 3.47. The first-order valence-corrected chi connectivity index (χ1v) is 9.32. The number of thiol groups is 1. The number of nitrogens with zero attached hydrogens (tertiary/aromatic N) is 4. The Kier molecular flexibility index (Phi) is 6.52. The van der Waals surface area contributed by atoms with Crippen LogP contribution in [0, 0.1) is 23.7 Å². The average Bonchev–Trinajstić information content (AvgIpc) is 2.61. The zero-order valence-corrected chi connectivity index (χ0v) is 18.0. The molecule has 2 rings (SSSR count). The van der Waals surface area contributed by atoms with Gasteiger partial charge in [-0.2, -0.15) is 5.26 Å². The minimum absolute atomic E-state index is 0.0230. The zero-order valence-electron chi connectivity index (χ0n) is 17.1. The maximum atomic E-state index is 11.9. The van der Waals surface area contributed by atoms with Gasteiger partial charge in [0.1, 0.15) is 11.6 Å². The van der Waals surface area contributed by atoms with E-state index in [1.54, 1.807) is 19.2 Å². The van der Waals surface area contributed by atoms with Crippen molar-refractivity contribution >= 4 is 35.9 Å². The fourth-order valence-corrected chi connectivity index (χ4v) is 3.06. The number of carbonyl (C=O) groups is 1. The van der Waals surface area contributed by atoms with Gasteiger partial charge in [-0.3, -0.25) is 4.79 Å². The number of hydrogen-bond acceptors (Lipinski definition) is 7. The van der Waals surface area contributed by atoms with Crippen molar-refractivity contribution in [1.29, 1.82) is 5.26 Å².